The molecule has 0 radical (unpaired) electrons. The Kier molecular flexibility index (Phi) is 12.3. The Balaban J connectivity index is 0.00000420. The molecule has 0 saturated heterocycles. The third-order valence-electron chi connectivity index (χ3n) is 4.07. The molecule has 0 fully saturated rings. The fraction of sp³-hybridized carbons (Fsp3) is 0.300. The van der Waals surface area contributed by atoms with Gasteiger partial charge >= 0.3 is 0 Å². The topological polar surface area (TPSA) is 126 Å². The largest absolute Gasteiger partial charge is 0.348 e. The maximum absolute atomic E-state index is 12.5. The van der Waals surface area contributed by atoms with E-state index in [1.807, 2.05) is 19.9 Å². The molecule has 1 atom stereocenters. The smallest absolute Gasteiger partial charge is 0.253 e. The van der Waals surface area contributed by atoms with Crippen LogP contribution in [0.2, 0.25) is 0 Å². The van der Waals surface area contributed by atoms with E-state index in [0.717, 1.165) is 5.56 Å². The molecule has 0 saturated carbocycles. The number of rotatable bonds is 8. The summed E-state index contributed by atoms with van der Waals surface area (Å²) in [5, 5.41) is 7.93. The zero-order valence-corrected chi connectivity index (χ0v) is 18.4. The van der Waals surface area contributed by atoms with Gasteiger partial charge in [0.25, 0.3) is 5.91 Å². The highest BCUT2D eigenvalue weighted by molar-refractivity contribution is 6.04. The van der Waals surface area contributed by atoms with Crippen molar-refractivity contribution >= 4 is 48.2 Å². The van der Waals surface area contributed by atoms with E-state index in [2.05, 4.69) is 20.9 Å². The highest BCUT2D eigenvalue weighted by Gasteiger charge is 2.18. The molecule has 0 unspecified atom stereocenters. The summed E-state index contributed by atoms with van der Waals surface area (Å²) in [6.07, 6.45) is 3.32. The number of aromatic nitrogens is 1. The van der Waals surface area contributed by atoms with Gasteiger partial charge in [-0.15, -0.1) is 24.8 Å². The minimum atomic E-state index is -0.682. The van der Waals surface area contributed by atoms with Gasteiger partial charge in [0, 0.05) is 18.9 Å². The van der Waals surface area contributed by atoms with E-state index in [1.54, 1.807) is 42.7 Å². The zero-order valence-electron chi connectivity index (χ0n) is 16.8. The van der Waals surface area contributed by atoms with Gasteiger partial charge < -0.3 is 21.7 Å². The third kappa shape index (κ3) is 8.36. The monoisotopic (exact) mass is 455 g/mol. The zero-order chi connectivity index (χ0) is 20.5. The highest BCUT2D eigenvalue weighted by Crippen LogP contribution is 2.15. The Bertz CT molecular complexity index is 834. The van der Waals surface area contributed by atoms with Crippen LogP contribution in [0.25, 0.3) is 0 Å². The molecule has 0 bridgehead atoms. The van der Waals surface area contributed by atoms with Crippen LogP contribution in [0.3, 0.4) is 0 Å². The minimum absolute atomic E-state index is 0. The average Bonchev–Trinajstić information content (AvgIpc) is 2.70. The first-order chi connectivity index (χ1) is 13.4. The summed E-state index contributed by atoms with van der Waals surface area (Å²) in [4.78, 5) is 40.5. The molecule has 2 rings (SSSR count). The molecule has 5 N–H and O–H groups in total. The van der Waals surface area contributed by atoms with E-state index in [9.17, 15) is 14.4 Å². The molecule has 2 aromatic rings. The maximum Gasteiger partial charge on any atom is 0.253 e. The maximum atomic E-state index is 12.5. The van der Waals surface area contributed by atoms with Gasteiger partial charge in [0.1, 0.15) is 0 Å². The summed E-state index contributed by atoms with van der Waals surface area (Å²) in [5.41, 5.74) is 7.29. The summed E-state index contributed by atoms with van der Waals surface area (Å²) in [5.74, 6) is -1.21. The first kappa shape index (κ1) is 27.3. The summed E-state index contributed by atoms with van der Waals surface area (Å²) >= 11 is 0. The third-order valence-corrected chi connectivity index (χ3v) is 4.07. The number of hydrogen-bond acceptors (Lipinski definition) is 5. The van der Waals surface area contributed by atoms with Crippen LogP contribution in [0.1, 0.15) is 29.8 Å². The average molecular weight is 456 g/mol. The van der Waals surface area contributed by atoms with E-state index < -0.39 is 17.9 Å². The van der Waals surface area contributed by atoms with Crippen molar-refractivity contribution in [1.82, 2.24) is 15.6 Å². The number of para-hydroxylation sites is 1. The van der Waals surface area contributed by atoms with Crippen LogP contribution in [0.4, 0.5) is 5.69 Å². The number of halogens is 2. The summed E-state index contributed by atoms with van der Waals surface area (Å²) in [6, 6.07) is 9.61. The predicted octanol–water partition coefficient (Wildman–Crippen LogP) is 1.89. The van der Waals surface area contributed by atoms with Crippen LogP contribution in [0.15, 0.2) is 48.8 Å². The lowest BCUT2D eigenvalue weighted by atomic mass is 10.1. The fourth-order valence-electron chi connectivity index (χ4n) is 2.35. The van der Waals surface area contributed by atoms with Gasteiger partial charge in [0.05, 0.1) is 23.8 Å². The van der Waals surface area contributed by atoms with Gasteiger partial charge in [0.15, 0.2) is 0 Å². The second-order valence-corrected chi connectivity index (χ2v) is 6.63. The number of anilines is 1. The van der Waals surface area contributed by atoms with Crippen molar-refractivity contribution in [2.24, 2.45) is 11.7 Å². The van der Waals surface area contributed by atoms with Crippen molar-refractivity contribution in [3.63, 3.8) is 0 Å². The van der Waals surface area contributed by atoms with Crippen molar-refractivity contribution in [2.75, 3.05) is 11.9 Å². The van der Waals surface area contributed by atoms with Crippen LogP contribution in [0, 0.1) is 5.92 Å². The first-order valence-electron chi connectivity index (χ1n) is 8.97. The highest BCUT2D eigenvalue weighted by atomic mass is 35.5. The van der Waals surface area contributed by atoms with Crippen molar-refractivity contribution < 1.29 is 14.4 Å². The van der Waals surface area contributed by atoms with Gasteiger partial charge in [-0.25, -0.2) is 0 Å². The number of nitrogens with two attached hydrogens (primary N) is 1. The van der Waals surface area contributed by atoms with Crippen LogP contribution in [0.5, 0.6) is 0 Å². The van der Waals surface area contributed by atoms with Gasteiger partial charge in [-0.2, -0.15) is 0 Å². The van der Waals surface area contributed by atoms with Gasteiger partial charge in [0.2, 0.25) is 11.8 Å². The van der Waals surface area contributed by atoms with Crippen LogP contribution >= 0.6 is 24.8 Å². The van der Waals surface area contributed by atoms with Gasteiger partial charge in [-0.05, 0) is 29.7 Å². The van der Waals surface area contributed by atoms with Crippen LogP contribution < -0.4 is 21.7 Å². The number of nitrogens with one attached hydrogen (secondary N) is 3. The summed E-state index contributed by atoms with van der Waals surface area (Å²) in [6.45, 7) is 3.73. The Hall–Kier alpha value is -2.68. The molecule has 0 aliphatic heterocycles. The molecule has 0 aliphatic carbocycles. The van der Waals surface area contributed by atoms with Crippen molar-refractivity contribution in [3.05, 3.63) is 59.9 Å². The number of hydrogen-bond donors (Lipinski definition) is 4. The standard InChI is InChI=1S/C20H25N5O3.2ClH/c1-13(2)18(21)20(28)24-12-17(26)25-16-8-4-3-7-15(16)19(27)23-11-14-6-5-9-22-10-14;;/h3-10,13,18H,11-12,21H2,1-2H3,(H,23,27)(H,24,28)(H,25,26);2*1H/t18-;;/m0../s1. The molecular formula is C20H27Cl2N5O3. The molecule has 30 heavy (non-hydrogen) atoms. The SMILES string of the molecule is CC(C)[C@H](N)C(=O)NCC(=O)Nc1ccccc1C(=O)NCc1cccnc1.Cl.Cl. The van der Waals surface area contributed by atoms with E-state index in [4.69, 9.17) is 5.73 Å². The van der Waals surface area contributed by atoms with Gasteiger partial charge in [-0.3, -0.25) is 19.4 Å². The molecule has 1 heterocycles. The lowest BCUT2D eigenvalue weighted by molar-refractivity contribution is -0.125. The number of carbonyl (C=O) groups is 3. The second-order valence-electron chi connectivity index (χ2n) is 6.63. The molecule has 1 aromatic heterocycles. The first-order valence-corrected chi connectivity index (χ1v) is 8.97. The lowest BCUT2D eigenvalue weighted by Gasteiger charge is -2.15. The number of benzene rings is 1. The van der Waals surface area contributed by atoms with Crippen molar-refractivity contribution in [3.8, 4) is 0 Å². The van der Waals surface area contributed by atoms with E-state index >= 15 is 0 Å². The second kappa shape index (κ2) is 13.5. The Morgan fingerprint density at radius 3 is 2.37 bits per heavy atom. The van der Waals surface area contributed by atoms with Crippen LogP contribution in [-0.2, 0) is 16.1 Å². The molecule has 164 valence electrons. The number of pyridine rings is 1. The summed E-state index contributed by atoms with van der Waals surface area (Å²) in [7, 11) is 0. The lowest BCUT2D eigenvalue weighted by Crippen LogP contribution is -2.46. The van der Waals surface area contributed by atoms with Gasteiger partial charge in [-0.1, -0.05) is 32.0 Å². The van der Waals surface area contributed by atoms with E-state index in [1.165, 1.54) is 0 Å². The molecule has 8 nitrogen and oxygen atoms in total. The van der Waals surface area contributed by atoms with E-state index in [0.29, 0.717) is 17.8 Å². The van der Waals surface area contributed by atoms with Crippen molar-refractivity contribution in [1.29, 1.82) is 0 Å². The predicted molar refractivity (Wildman–Crippen MR) is 121 cm³/mol. The molecule has 1 aromatic carbocycles. The van der Waals surface area contributed by atoms with Crippen molar-refractivity contribution in [2.45, 2.75) is 26.4 Å². The molecule has 3 amide bonds. The Labute approximate surface area is 188 Å². The fourth-order valence-corrected chi connectivity index (χ4v) is 2.35. The number of carbonyl (C=O) groups excluding carboxylic acids is 3. The minimum Gasteiger partial charge on any atom is -0.348 e. The number of nitrogens with zero attached hydrogens (tertiary/aromatic N) is 1. The molecule has 0 spiro atoms. The summed E-state index contributed by atoms with van der Waals surface area (Å²) < 4.78 is 0. The quantitative estimate of drug-likeness (QED) is 0.483. The Morgan fingerprint density at radius 1 is 1.03 bits per heavy atom. The number of amides is 3. The Morgan fingerprint density at radius 2 is 1.73 bits per heavy atom. The molecule has 0 aliphatic rings. The van der Waals surface area contributed by atoms with E-state index in [-0.39, 0.29) is 43.2 Å². The van der Waals surface area contributed by atoms with Crippen LogP contribution in [-0.4, -0.2) is 35.3 Å². The molecule has 10 heteroatoms. The normalized spacial score (nSPS) is 10.8. The molecular weight excluding hydrogens is 429 g/mol.